The Bertz CT molecular complexity index is 505. The molecule has 0 fully saturated rings. The molecule has 0 bridgehead atoms. The molecule has 1 aromatic carbocycles. The Balaban J connectivity index is 2.39. The highest BCUT2D eigenvalue weighted by Crippen LogP contribution is 2.39. The fourth-order valence-corrected chi connectivity index (χ4v) is 3.64. The number of benzene rings is 1. The number of hydrogen-bond acceptors (Lipinski definition) is 3. The Morgan fingerprint density at radius 3 is 2.59 bits per heavy atom. The number of aliphatic hydroxyl groups excluding tert-OH is 1. The first-order valence-corrected chi connectivity index (χ1v) is 7.29. The van der Waals surface area contributed by atoms with Gasteiger partial charge in [-0.3, -0.25) is 0 Å². The summed E-state index contributed by atoms with van der Waals surface area (Å²) in [5.41, 5.74) is 0.774. The maximum atomic E-state index is 10.3. The molecule has 0 aliphatic rings. The van der Waals surface area contributed by atoms with Gasteiger partial charge in [0.05, 0.1) is 10.9 Å². The molecule has 2 aromatic rings. The van der Waals surface area contributed by atoms with Crippen LogP contribution in [-0.2, 0) is 0 Å². The molecular formula is C12H10Br2O2S. The lowest BCUT2D eigenvalue weighted by Crippen LogP contribution is -2.00. The molecule has 0 saturated carbocycles. The van der Waals surface area contributed by atoms with Crippen molar-refractivity contribution in [2.45, 2.75) is 6.10 Å². The predicted octanol–water partition coefficient (Wildman–Crippen LogP) is 4.36. The van der Waals surface area contributed by atoms with Crippen LogP contribution in [0.15, 0.2) is 38.6 Å². The molecule has 90 valence electrons. The van der Waals surface area contributed by atoms with Gasteiger partial charge >= 0.3 is 0 Å². The second-order valence-electron chi connectivity index (χ2n) is 3.41. The quantitative estimate of drug-likeness (QED) is 0.860. The number of thiophene rings is 1. The van der Waals surface area contributed by atoms with E-state index in [-0.39, 0.29) is 0 Å². The van der Waals surface area contributed by atoms with Crippen LogP contribution in [0.4, 0.5) is 0 Å². The molecule has 0 radical (unpaired) electrons. The van der Waals surface area contributed by atoms with Crippen molar-refractivity contribution in [1.29, 1.82) is 0 Å². The second kappa shape index (κ2) is 5.52. The SMILES string of the molecule is COc1ccccc1C(O)c1cc(Br)c(Br)s1. The molecule has 1 aromatic heterocycles. The Hall–Kier alpha value is -0.360. The summed E-state index contributed by atoms with van der Waals surface area (Å²) < 4.78 is 7.17. The molecule has 1 unspecified atom stereocenters. The number of halogens is 2. The molecule has 2 rings (SSSR count). The molecule has 5 heteroatoms. The molecule has 1 heterocycles. The first kappa shape index (κ1) is 13.1. The first-order valence-electron chi connectivity index (χ1n) is 4.89. The molecule has 17 heavy (non-hydrogen) atoms. The number of ether oxygens (including phenoxy) is 1. The molecule has 0 aliphatic carbocycles. The van der Waals surface area contributed by atoms with E-state index in [2.05, 4.69) is 31.9 Å². The summed E-state index contributed by atoms with van der Waals surface area (Å²) in [5.74, 6) is 0.695. The van der Waals surface area contributed by atoms with Gasteiger partial charge in [0.1, 0.15) is 11.9 Å². The van der Waals surface area contributed by atoms with Gasteiger partial charge < -0.3 is 9.84 Å². The number of hydrogen-bond donors (Lipinski definition) is 1. The number of para-hydroxylation sites is 1. The van der Waals surface area contributed by atoms with Crippen LogP contribution in [0.3, 0.4) is 0 Å². The summed E-state index contributed by atoms with van der Waals surface area (Å²) in [7, 11) is 1.60. The zero-order valence-electron chi connectivity index (χ0n) is 8.98. The zero-order chi connectivity index (χ0) is 12.4. The lowest BCUT2D eigenvalue weighted by molar-refractivity contribution is 0.218. The van der Waals surface area contributed by atoms with Crippen LogP contribution < -0.4 is 4.74 Å². The second-order valence-corrected chi connectivity index (χ2v) is 6.67. The predicted molar refractivity (Wildman–Crippen MR) is 76.8 cm³/mol. The van der Waals surface area contributed by atoms with Crippen LogP contribution in [0.5, 0.6) is 5.75 Å². The third-order valence-electron chi connectivity index (χ3n) is 2.37. The monoisotopic (exact) mass is 376 g/mol. The Morgan fingerprint density at radius 2 is 2.00 bits per heavy atom. The third kappa shape index (κ3) is 2.73. The van der Waals surface area contributed by atoms with Crippen molar-refractivity contribution in [3.63, 3.8) is 0 Å². The largest absolute Gasteiger partial charge is 0.496 e. The van der Waals surface area contributed by atoms with E-state index in [1.807, 2.05) is 30.3 Å². The van der Waals surface area contributed by atoms with Gasteiger partial charge in [-0.2, -0.15) is 0 Å². The molecule has 0 saturated heterocycles. The Labute approximate surface area is 121 Å². The van der Waals surface area contributed by atoms with E-state index in [9.17, 15) is 5.11 Å². The molecule has 2 nitrogen and oxygen atoms in total. The van der Waals surface area contributed by atoms with Gasteiger partial charge in [0.25, 0.3) is 0 Å². The van der Waals surface area contributed by atoms with E-state index < -0.39 is 6.10 Å². The van der Waals surface area contributed by atoms with Crippen LogP contribution in [0, 0.1) is 0 Å². The number of methoxy groups -OCH3 is 1. The van der Waals surface area contributed by atoms with Gasteiger partial charge in [0, 0.05) is 14.9 Å². The lowest BCUT2D eigenvalue weighted by Gasteiger charge is -2.12. The average molecular weight is 378 g/mol. The Morgan fingerprint density at radius 1 is 1.29 bits per heavy atom. The van der Waals surface area contributed by atoms with Gasteiger partial charge in [0.15, 0.2) is 0 Å². The van der Waals surface area contributed by atoms with Crippen LogP contribution >= 0.6 is 43.2 Å². The summed E-state index contributed by atoms with van der Waals surface area (Å²) >= 11 is 8.34. The van der Waals surface area contributed by atoms with E-state index in [4.69, 9.17) is 4.74 Å². The van der Waals surface area contributed by atoms with Gasteiger partial charge in [-0.1, -0.05) is 18.2 Å². The summed E-state index contributed by atoms with van der Waals surface area (Å²) in [4.78, 5) is 0.869. The number of aliphatic hydroxyl groups is 1. The van der Waals surface area contributed by atoms with E-state index in [0.29, 0.717) is 5.75 Å². The zero-order valence-corrected chi connectivity index (χ0v) is 13.0. The minimum atomic E-state index is -0.668. The summed E-state index contributed by atoms with van der Waals surface area (Å²) in [6.45, 7) is 0. The van der Waals surface area contributed by atoms with E-state index in [1.165, 1.54) is 11.3 Å². The van der Waals surface area contributed by atoms with Crippen molar-refractivity contribution in [2.24, 2.45) is 0 Å². The molecule has 1 N–H and O–H groups in total. The third-order valence-corrected chi connectivity index (χ3v) is 5.68. The van der Waals surface area contributed by atoms with Crippen LogP contribution in [0.25, 0.3) is 0 Å². The normalized spacial score (nSPS) is 12.5. The molecule has 0 amide bonds. The van der Waals surface area contributed by atoms with Crippen molar-refractivity contribution >= 4 is 43.2 Å². The fourth-order valence-electron chi connectivity index (χ4n) is 1.54. The van der Waals surface area contributed by atoms with E-state index in [0.717, 1.165) is 18.7 Å². The van der Waals surface area contributed by atoms with Crippen molar-refractivity contribution < 1.29 is 9.84 Å². The van der Waals surface area contributed by atoms with Gasteiger partial charge in [-0.05, 0) is 44.0 Å². The van der Waals surface area contributed by atoms with Crippen LogP contribution in [0.2, 0.25) is 0 Å². The van der Waals surface area contributed by atoms with Gasteiger partial charge in [-0.15, -0.1) is 11.3 Å². The minimum Gasteiger partial charge on any atom is -0.496 e. The molecule has 0 aliphatic heterocycles. The van der Waals surface area contributed by atoms with Crippen molar-refractivity contribution in [1.82, 2.24) is 0 Å². The minimum absolute atomic E-state index is 0.668. The molecular weight excluding hydrogens is 368 g/mol. The summed E-state index contributed by atoms with van der Waals surface area (Å²) in [6, 6.07) is 9.39. The summed E-state index contributed by atoms with van der Waals surface area (Å²) in [6.07, 6.45) is -0.668. The maximum Gasteiger partial charge on any atom is 0.125 e. The van der Waals surface area contributed by atoms with E-state index >= 15 is 0 Å². The van der Waals surface area contributed by atoms with Crippen molar-refractivity contribution in [3.05, 3.63) is 49.0 Å². The topological polar surface area (TPSA) is 29.5 Å². The average Bonchev–Trinajstić information content (AvgIpc) is 2.68. The molecule has 0 spiro atoms. The maximum absolute atomic E-state index is 10.3. The lowest BCUT2D eigenvalue weighted by atomic mass is 10.1. The highest BCUT2D eigenvalue weighted by molar-refractivity contribution is 9.13. The highest BCUT2D eigenvalue weighted by Gasteiger charge is 2.18. The Kier molecular flexibility index (Phi) is 4.25. The smallest absolute Gasteiger partial charge is 0.125 e. The van der Waals surface area contributed by atoms with Crippen LogP contribution in [0.1, 0.15) is 16.5 Å². The fraction of sp³-hybridized carbons (Fsp3) is 0.167. The standard InChI is InChI=1S/C12H10Br2O2S/c1-16-9-5-3-2-4-7(9)11(15)10-6-8(13)12(14)17-10/h2-6,11,15H,1H3. The van der Waals surface area contributed by atoms with Gasteiger partial charge in [-0.25, -0.2) is 0 Å². The summed E-state index contributed by atoms with van der Waals surface area (Å²) in [5, 5.41) is 10.3. The first-order chi connectivity index (χ1) is 8.13. The van der Waals surface area contributed by atoms with Crippen molar-refractivity contribution in [3.8, 4) is 5.75 Å². The van der Waals surface area contributed by atoms with Gasteiger partial charge in [0.2, 0.25) is 0 Å². The molecule has 1 atom stereocenters. The van der Waals surface area contributed by atoms with Crippen LogP contribution in [-0.4, -0.2) is 12.2 Å². The van der Waals surface area contributed by atoms with E-state index in [1.54, 1.807) is 7.11 Å². The highest BCUT2D eigenvalue weighted by atomic mass is 79.9. The van der Waals surface area contributed by atoms with Crippen molar-refractivity contribution in [2.75, 3.05) is 7.11 Å². The number of rotatable bonds is 3.